The Morgan fingerprint density at radius 2 is 1.83 bits per heavy atom. The number of rotatable bonds is 3. The smallest absolute Gasteiger partial charge is 0.134 e. The van der Waals surface area contributed by atoms with Gasteiger partial charge in [0.05, 0.1) is 0 Å². The summed E-state index contributed by atoms with van der Waals surface area (Å²) in [4.78, 5) is 8.98. The number of nitrogens with zero attached hydrogens (tertiary/aromatic N) is 2. The van der Waals surface area contributed by atoms with Crippen molar-refractivity contribution in [1.29, 1.82) is 0 Å². The lowest BCUT2D eigenvalue weighted by molar-refractivity contribution is 0.438. The molecule has 3 atom stereocenters. The van der Waals surface area contributed by atoms with E-state index < -0.39 is 0 Å². The van der Waals surface area contributed by atoms with Gasteiger partial charge >= 0.3 is 0 Å². The molecule has 0 spiro atoms. The third-order valence-electron chi connectivity index (χ3n) is 4.55. The third-order valence-corrected chi connectivity index (χ3v) is 4.55. The van der Waals surface area contributed by atoms with E-state index in [-0.39, 0.29) is 0 Å². The van der Waals surface area contributed by atoms with Crippen LogP contribution < -0.4 is 10.6 Å². The van der Waals surface area contributed by atoms with Gasteiger partial charge in [0.15, 0.2) is 0 Å². The van der Waals surface area contributed by atoms with Gasteiger partial charge in [0.25, 0.3) is 0 Å². The van der Waals surface area contributed by atoms with Gasteiger partial charge in [-0.05, 0) is 44.9 Å². The lowest BCUT2D eigenvalue weighted by Gasteiger charge is -2.24. The van der Waals surface area contributed by atoms with Crippen LogP contribution in [0.25, 0.3) is 0 Å². The fourth-order valence-corrected chi connectivity index (χ4v) is 3.61. The monoisotopic (exact) mass is 246 g/mol. The number of fused-ring (bicyclic) bond motifs is 2. The molecule has 2 aliphatic carbocycles. The van der Waals surface area contributed by atoms with E-state index in [1.165, 1.54) is 25.7 Å². The van der Waals surface area contributed by atoms with Crippen LogP contribution in [0.5, 0.6) is 0 Å². The summed E-state index contributed by atoms with van der Waals surface area (Å²) in [5.74, 6) is 4.61. The van der Waals surface area contributed by atoms with E-state index >= 15 is 0 Å². The van der Waals surface area contributed by atoms with E-state index in [0.717, 1.165) is 34.9 Å². The third kappa shape index (κ3) is 1.93. The predicted molar refractivity (Wildman–Crippen MR) is 73.9 cm³/mol. The minimum Gasteiger partial charge on any atom is -0.373 e. The molecule has 0 radical (unpaired) electrons. The fourth-order valence-electron chi connectivity index (χ4n) is 3.61. The summed E-state index contributed by atoms with van der Waals surface area (Å²) in [6, 6.07) is 0.626. The normalized spacial score (nSPS) is 29.6. The van der Waals surface area contributed by atoms with Crippen LogP contribution in [0.3, 0.4) is 0 Å². The number of nitrogens with one attached hydrogen (secondary N) is 2. The summed E-state index contributed by atoms with van der Waals surface area (Å²) < 4.78 is 0. The summed E-state index contributed by atoms with van der Waals surface area (Å²) >= 11 is 0. The average molecular weight is 246 g/mol. The maximum Gasteiger partial charge on any atom is 0.134 e. The Bertz CT molecular complexity index is 457. The van der Waals surface area contributed by atoms with Crippen LogP contribution in [0, 0.1) is 25.7 Å². The molecule has 2 bridgehead atoms. The standard InChI is InChI=1S/C14H22N4/c1-8-13(15-3)16-9(2)17-14(8)18-12-7-10-4-5-11(12)6-10/h10-12H,4-7H2,1-3H3,(H2,15,16,17,18). The van der Waals surface area contributed by atoms with Gasteiger partial charge in [-0.1, -0.05) is 6.42 Å². The van der Waals surface area contributed by atoms with Crippen molar-refractivity contribution in [3.05, 3.63) is 11.4 Å². The second-order valence-corrected chi connectivity index (χ2v) is 5.77. The van der Waals surface area contributed by atoms with Crippen LogP contribution in [0.2, 0.25) is 0 Å². The van der Waals surface area contributed by atoms with Crippen molar-refractivity contribution < 1.29 is 0 Å². The van der Waals surface area contributed by atoms with Gasteiger partial charge in [-0.3, -0.25) is 0 Å². The molecule has 2 saturated carbocycles. The zero-order valence-electron chi connectivity index (χ0n) is 11.5. The first kappa shape index (κ1) is 11.8. The lowest BCUT2D eigenvalue weighted by atomic mass is 9.95. The molecule has 1 heterocycles. The van der Waals surface area contributed by atoms with E-state index in [2.05, 4.69) is 27.5 Å². The maximum atomic E-state index is 4.57. The van der Waals surface area contributed by atoms with Crippen LogP contribution in [0.1, 0.15) is 37.1 Å². The Hall–Kier alpha value is -1.32. The summed E-state index contributed by atoms with van der Waals surface area (Å²) in [7, 11) is 1.91. The van der Waals surface area contributed by atoms with Gasteiger partial charge in [-0.25, -0.2) is 9.97 Å². The van der Waals surface area contributed by atoms with Crippen LogP contribution in [-0.4, -0.2) is 23.1 Å². The van der Waals surface area contributed by atoms with E-state index in [9.17, 15) is 0 Å². The molecule has 4 nitrogen and oxygen atoms in total. The summed E-state index contributed by atoms with van der Waals surface area (Å²) in [6.45, 7) is 4.03. The molecular weight excluding hydrogens is 224 g/mol. The Morgan fingerprint density at radius 3 is 2.44 bits per heavy atom. The van der Waals surface area contributed by atoms with Gasteiger partial charge in [0.2, 0.25) is 0 Å². The molecule has 0 aliphatic heterocycles. The topological polar surface area (TPSA) is 49.8 Å². The average Bonchev–Trinajstić information content (AvgIpc) is 2.95. The molecule has 18 heavy (non-hydrogen) atoms. The largest absolute Gasteiger partial charge is 0.373 e. The fraction of sp³-hybridized carbons (Fsp3) is 0.714. The van der Waals surface area contributed by atoms with Crippen molar-refractivity contribution >= 4 is 11.6 Å². The Balaban J connectivity index is 1.82. The molecule has 2 N–H and O–H groups in total. The molecule has 98 valence electrons. The number of anilines is 2. The van der Waals surface area contributed by atoms with Gasteiger partial charge < -0.3 is 10.6 Å². The van der Waals surface area contributed by atoms with Crippen molar-refractivity contribution in [2.45, 2.75) is 45.6 Å². The molecule has 0 aromatic carbocycles. The highest BCUT2D eigenvalue weighted by Crippen LogP contribution is 2.45. The van der Waals surface area contributed by atoms with Crippen molar-refractivity contribution in [3.8, 4) is 0 Å². The molecular formula is C14H22N4. The highest BCUT2D eigenvalue weighted by molar-refractivity contribution is 5.57. The van der Waals surface area contributed by atoms with Crippen LogP contribution in [0.4, 0.5) is 11.6 Å². The second kappa shape index (κ2) is 4.41. The highest BCUT2D eigenvalue weighted by Gasteiger charge is 2.39. The molecule has 0 amide bonds. The number of aryl methyl sites for hydroxylation is 1. The molecule has 2 aliphatic rings. The molecule has 3 unspecified atom stereocenters. The number of hydrogen-bond acceptors (Lipinski definition) is 4. The Kier molecular flexibility index (Phi) is 2.88. The minimum absolute atomic E-state index is 0.626. The van der Waals surface area contributed by atoms with Gasteiger partial charge in [0, 0.05) is 18.7 Å². The number of hydrogen-bond donors (Lipinski definition) is 2. The molecule has 2 fully saturated rings. The maximum absolute atomic E-state index is 4.57. The zero-order chi connectivity index (χ0) is 12.7. The van der Waals surface area contributed by atoms with Crippen molar-refractivity contribution in [2.24, 2.45) is 11.8 Å². The first-order chi connectivity index (χ1) is 8.67. The Labute approximate surface area is 109 Å². The second-order valence-electron chi connectivity index (χ2n) is 5.77. The van der Waals surface area contributed by atoms with Gasteiger partial charge in [-0.2, -0.15) is 0 Å². The van der Waals surface area contributed by atoms with E-state index in [1.807, 2.05) is 14.0 Å². The lowest BCUT2D eigenvalue weighted by Crippen LogP contribution is -2.27. The molecule has 3 rings (SSSR count). The SMILES string of the molecule is CNc1nc(C)nc(NC2CC3CCC2C3)c1C. The summed E-state index contributed by atoms with van der Waals surface area (Å²) in [6.07, 6.45) is 5.57. The summed E-state index contributed by atoms with van der Waals surface area (Å²) in [5.41, 5.74) is 1.13. The van der Waals surface area contributed by atoms with Gasteiger partial charge in [0.1, 0.15) is 17.5 Å². The van der Waals surface area contributed by atoms with E-state index in [0.29, 0.717) is 6.04 Å². The van der Waals surface area contributed by atoms with E-state index in [4.69, 9.17) is 0 Å². The van der Waals surface area contributed by atoms with Crippen LogP contribution in [-0.2, 0) is 0 Å². The predicted octanol–water partition coefficient (Wildman–Crippen LogP) is 2.74. The van der Waals surface area contributed by atoms with Crippen molar-refractivity contribution in [1.82, 2.24) is 9.97 Å². The first-order valence-corrected chi connectivity index (χ1v) is 6.97. The Morgan fingerprint density at radius 1 is 1.06 bits per heavy atom. The molecule has 0 saturated heterocycles. The zero-order valence-corrected chi connectivity index (χ0v) is 11.5. The van der Waals surface area contributed by atoms with Crippen molar-refractivity contribution in [2.75, 3.05) is 17.7 Å². The molecule has 1 aromatic heterocycles. The van der Waals surface area contributed by atoms with Gasteiger partial charge in [-0.15, -0.1) is 0 Å². The van der Waals surface area contributed by atoms with Crippen LogP contribution in [0.15, 0.2) is 0 Å². The van der Waals surface area contributed by atoms with Crippen LogP contribution >= 0.6 is 0 Å². The number of aromatic nitrogens is 2. The highest BCUT2D eigenvalue weighted by atomic mass is 15.1. The first-order valence-electron chi connectivity index (χ1n) is 6.97. The van der Waals surface area contributed by atoms with Crippen molar-refractivity contribution in [3.63, 3.8) is 0 Å². The molecule has 1 aromatic rings. The summed E-state index contributed by atoms with van der Waals surface area (Å²) in [5, 5.41) is 6.81. The quantitative estimate of drug-likeness (QED) is 0.861. The van der Waals surface area contributed by atoms with E-state index in [1.54, 1.807) is 0 Å². The minimum atomic E-state index is 0.626. The molecule has 4 heteroatoms.